The minimum Gasteiger partial charge on any atom is -0.354 e. The second-order valence-corrected chi connectivity index (χ2v) is 3.11. The van der Waals surface area contributed by atoms with Crippen LogP contribution in [0.3, 0.4) is 0 Å². The van der Waals surface area contributed by atoms with Crippen LogP contribution < -0.4 is 10.7 Å². The zero-order valence-electron chi connectivity index (χ0n) is 8.32. The van der Waals surface area contributed by atoms with E-state index in [2.05, 4.69) is 15.8 Å². The van der Waals surface area contributed by atoms with E-state index in [1.54, 1.807) is 13.1 Å². The molecule has 1 aromatic rings. The quantitative estimate of drug-likeness (QED) is 0.718. The molecule has 0 bridgehead atoms. The molecule has 1 aromatic carbocycles. The molecular weight excluding hydrogens is 190 g/mol. The summed E-state index contributed by atoms with van der Waals surface area (Å²) in [5, 5.41) is 6.53. The van der Waals surface area contributed by atoms with Gasteiger partial charge in [0.2, 0.25) is 0 Å². The molecule has 0 aromatic heterocycles. The number of carbonyl (C=O) groups is 1. The third-order valence-electron chi connectivity index (χ3n) is 2.14. The van der Waals surface area contributed by atoms with Gasteiger partial charge in [0, 0.05) is 7.05 Å². The summed E-state index contributed by atoms with van der Waals surface area (Å²) in [5.74, 6) is -0.202. The van der Waals surface area contributed by atoms with Gasteiger partial charge >= 0.3 is 0 Å². The van der Waals surface area contributed by atoms with Gasteiger partial charge in [0.1, 0.15) is 5.71 Å². The van der Waals surface area contributed by atoms with Crippen molar-refractivity contribution in [3.05, 3.63) is 35.9 Å². The minimum atomic E-state index is -0.202. The number of nitrogens with one attached hydrogen (secondary N) is 2. The zero-order valence-corrected chi connectivity index (χ0v) is 8.32. The maximum Gasteiger partial charge on any atom is 0.271 e. The monoisotopic (exact) mass is 201 g/mol. The molecule has 4 heteroatoms. The van der Waals surface area contributed by atoms with Crippen molar-refractivity contribution in [2.45, 2.75) is 0 Å². The second-order valence-electron chi connectivity index (χ2n) is 3.11. The average molecular weight is 201 g/mol. The number of fused-ring (bicyclic) bond motifs is 1. The molecule has 0 spiro atoms. The molecule has 0 saturated heterocycles. The molecule has 15 heavy (non-hydrogen) atoms. The topological polar surface area (TPSA) is 53.5 Å². The van der Waals surface area contributed by atoms with Gasteiger partial charge < -0.3 is 5.32 Å². The molecule has 0 aliphatic carbocycles. The Labute approximate surface area is 87.7 Å². The number of anilines is 1. The number of para-hydroxylation sites is 1. The van der Waals surface area contributed by atoms with E-state index in [-0.39, 0.29) is 5.91 Å². The predicted octanol–water partition coefficient (Wildman–Crippen LogP) is 1.23. The van der Waals surface area contributed by atoms with Crippen molar-refractivity contribution >= 4 is 23.4 Å². The van der Waals surface area contributed by atoms with E-state index in [0.29, 0.717) is 5.71 Å². The Morgan fingerprint density at radius 1 is 1.33 bits per heavy atom. The number of hydrogen-bond acceptors (Lipinski definition) is 3. The van der Waals surface area contributed by atoms with Crippen molar-refractivity contribution < 1.29 is 4.79 Å². The number of hydrazone groups is 1. The molecule has 1 aliphatic rings. The molecule has 1 amide bonds. The van der Waals surface area contributed by atoms with Crippen LogP contribution in [0, 0.1) is 0 Å². The second kappa shape index (κ2) is 3.96. The first-order valence-electron chi connectivity index (χ1n) is 4.64. The summed E-state index contributed by atoms with van der Waals surface area (Å²) in [7, 11) is 1.58. The normalized spacial score (nSPS) is 13.3. The molecule has 0 saturated carbocycles. The molecule has 0 unspecified atom stereocenters. The SMILES string of the molecule is CNC(=O)C1=NNc2ccccc2C=C1. The highest BCUT2D eigenvalue weighted by Gasteiger charge is 2.09. The van der Waals surface area contributed by atoms with Crippen LogP contribution in [0.25, 0.3) is 6.08 Å². The molecule has 2 rings (SSSR count). The Morgan fingerprint density at radius 3 is 2.93 bits per heavy atom. The van der Waals surface area contributed by atoms with Gasteiger partial charge in [-0.25, -0.2) is 0 Å². The average Bonchev–Trinajstić information content (AvgIpc) is 2.50. The summed E-state index contributed by atoms with van der Waals surface area (Å²) in [6, 6.07) is 7.73. The molecule has 4 nitrogen and oxygen atoms in total. The fraction of sp³-hybridized carbons (Fsp3) is 0.0909. The number of rotatable bonds is 1. The molecule has 0 atom stereocenters. The van der Waals surface area contributed by atoms with E-state index >= 15 is 0 Å². The molecule has 1 aliphatic heterocycles. The van der Waals surface area contributed by atoms with E-state index in [9.17, 15) is 4.79 Å². The number of nitrogens with zero attached hydrogens (tertiary/aromatic N) is 1. The van der Waals surface area contributed by atoms with Crippen molar-refractivity contribution in [2.75, 3.05) is 12.5 Å². The molecule has 2 N–H and O–H groups in total. The fourth-order valence-corrected chi connectivity index (χ4v) is 1.33. The minimum absolute atomic E-state index is 0.202. The van der Waals surface area contributed by atoms with Crippen LogP contribution in [-0.2, 0) is 4.79 Å². The van der Waals surface area contributed by atoms with Crippen LogP contribution >= 0.6 is 0 Å². The smallest absolute Gasteiger partial charge is 0.271 e. The lowest BCUT2D eigenvalue weighted by Crippen LogP contribution is -2.26. The summed E-state index contributed by atoms with van der Waals surface area (Å²) in [4.78, 5) is 11.3. The maximum absolute atomic E-state index is 11.3. The maximum atomic E-state index is 11.3. The lowest BCUT2D eigenvalue weighted by Gasteiger charge is -2.02. The molecular formula is C11H11N3O. The predicted molar refractivity (Wildman–Crippen MR) is 60.6 cm³/mol. The first-order valence-corrected chi connectivity index (χ1v) is 4.64. The largest absolute Gasteiger partial charge is 0.354 e. The number of carbonyl (C=O) groups excluding carboxylic acids is 1. The number of hydrogen-bond donors (Lipinski definition) is 2. The summed E-state index contributed by atoms with van der Waals surface area (Å²) in [6.45, 7) is 0. The van der Waals surface area contributed by atoms with Gasteiger partial charge in [0.05, 0.1) is 5.69 Å². The molecule has 0 radical (unpaired) electrons. The highest BCUT2D eigenvalue weighted by atomic mass is 16.1. The van der Waals surface area contributed by atoms with Crippen molar-refractivity contribution in [3.8, 4) is 0 Å². The standard InChI is InChI=1S/C11H11N3O/c1-12-11(15)10-7-6-8-4-2-3-5-9(8)13-14-10/h2-7,13H,1H3,(H,12,15). The zero-order chi connectivity index (χ0) is 10.7. The number of amides is 1. The summed E-state index contributed by atoms with van der Waals surface area (Å²) >= 11 is 0. The Morgan fingerprint density at radius 2 is 2.13 bits per heavy atom. The third kappa shape index (κ3) is 1.88. The van der Waals surface area contributed by atoms with Crippen LogP contribution in [0.15, 0.2) is 35.4 Å². The Hall–Kier alpha value is -2.10. The van der Waals surface area contributed by atoms with E-state index in [1.807, 2.05) is 30.3 Å². The summed E-state index contributed by atoms with van der Waals surface area (Å²) in [5.41, 5.74) is 5.13. The Balaban J connectivity index is 2.33. The lowest BCUT2D eigenvalue weighted by molar-refractivity contribution is -0.114. The van der Waals surface area contributed by atoms with E-state index in [1.165, 1.54) is 0 Å². The van der Waals surface area contributed by atoms with Crippen molar-refractivity contribution in [3.63, 3.8) is 0 Å². The first kappa shape index (κ1) is 9.45. The van der Waals surface area contributed by atoms with Gasteiger partial charge in [-0.2, -0.15) is 5.10 Å². The Kier molecular flexibility index (Phi) is 2.49. The van der Waals surface area contributed by atoms with Crippen LogP contribution in [0.2, 0.25) is 0 Å². The third-order valence-corrected chi connectivity index (χ3v) is 2.14. The van der Waals surface area contributed by atoms with E-state index in [0.717, 1.165) is 11.3 Å². The van der Waals surface area contributed by atoms with Gasteiger partial charge in [0.15, 0.2) is 0 Å². The van der Waals surface area contributed by atoms with Gasteiger partial charge in [0.25, 0.3) is 5.91 Å². The summed E-state index contributed by atoms with van der Waals surface area (Å²) < 4.78 is 0. The molecule has 76 valence electrons. The van der Waals surface area contributed by atoms with Crippen molar-refractivity contribution in [2.24, 2.45) is 5.10 Å². The lowest BCUT2D eigenvalue weighted by atomic mass is 10.1. The van der Waals surface area contributed by atoms with E-state index in [4.69, 9.17) is 0 Å². The van der Waals surface area contributed by atoms with Crippen LogP contribution in [0.5, 0.6) is 0 Å². The van der Waals surface area contributed by atoms with Crippen LogP contribution in [0.4, 0.5) is 5.69 Å². The molecule has 0 fully saturated rings. The molecule has 1 heterocycles. The van der Waals surface area contributed by atoms with E-state index < -0.39 is 0 Å². The van der Waals surface area contributed by atoms with Crippen LogP contribution in [-0.4, -0.2) is 18.7 Å². The van der Waals surface area contributed by atoms with Crippen molar-refractivity contribution in [1.82, 2.24) is 5.32 Å². The van der Waals surface area contributed by atoms with Crippen molar-refractivity contribution in [1.29, 1.82) is 0 Å². The highest BCUT2D eigenvalue weighted by Crippen LogP contribution is 2.18. The van der Waals surface area contributed by atoms with Gasteiger partial charge in [-0.05, 0) is 17.7 Å². The Bertz CT molecular complexity index is 449. The fourth-order valence-electron chi connectivity index (χ4n) is 1.33. The highest BCUT2D eigenvalue weighted by molar-refractivity contribution is 6.44. The summed E-state index contributed by atoms with van der Waals surface area (Å²) in [6.07, 6.45) is 3.56. The van der Waals surface area contributed by atoms with Gasteiger partial charge in [-0.3, -0.25) is 10.2 Å². The first-order chi connectivity index (χ1) is 7.31. The van der Waals surface area contributed by atoms with Gasteiger partial charge in [-0.15, -0.1) is 0 Å². The van der Waals surface area contributed by atoms with Crippen LogP contribution in [0.1, 0.15) is 5.56 Å². The number of benzene rings is 1. The van der Waals surface area contributed by atoms with Gasteiger partial charge in [-0.1, -0.05) is 24.3 Å².